The maximum absolute atomic E-state index is 13.0. The second kappa shape index (κ2) is 8.98. The van der Waals surface area contributed by atoms with Crippen molar-refractivity contribution in [3.8, 4) is 0 Å². The van der Waals surface area contributed by atoms with Crippen LogP contribution in [0.3, 0.4) is 0 Å². The lowest BCUT2D eigenvalue weighted by molar-refractivity contribution is -0.119. The Kier molecular flexibility index (Phi) is 5.70. The smallest absolute Gasteiger partial charge is 0.338 e. The van der Waals surface area contributed by atoms with E-state index in [1.807, 2.05) is 0 Å². The molecule has 0 radical (unpaired) electrons. The highest BCUT2D eigenvalue weighted by Gasteiger charge is 2.32. The fraction of sp³-hybridized carbons (Fsp3) is 0.148. The van der Waals surface area contributed by atoms with E-state index in [1.54, 1.807) is 42.5 Å². The third-order valence-corrected chi connectivity index (χ3v) is 5.90. The van der Waals surface area contributed by atoms with E-state index < -0.39 is 18.5 Å². The number of amides is 2. The average Bonchev–Trinajstić information content (AvgIpc) is 3.72. The summed E-state index contributed by atoms with van der Waals surface area (Å²) >= 11 is 0. The van der Waals surface area contributed by atoms with Gasteiger partial charge < -0.3 is 15.4 Å². The fourth-order valence-corrected chi connectivity index (χ4v) is 3.93. The molecule has 0 bridgehead atoms. The van der Waals surface area contributed by atoms with E-state index in [0.29, 0.717) is 11.3 Å². The molecule has 0 saturated heterocycles. The second-order valence-electron chi connectivity index (χ2n) is 8.40. The number of carbonyl (C=O) groups excluding carboxylic acids is 5. The van der Waals surface area contributed by atoms with Crippen LogP contribution in [0.5, 0.6) is 0 Å². The van der Waals surface area contributed by atoms with Crippen LogP contribution in [0, 0.1) is 5.92 Å². The maximum atomic E-state index is 13.0. The van der Waals surface area contributed by atoms with E-state index in [2.05, 4.69) is 10.6 Å². The van der Waals surface area contributed by atoms with Crippen molar-refractivity contribution in [3.05, 3.63) is 94.5 Å². The van der Waals surface area contributed by atoms with Gasteiger partial charge in [0.05, 0.1) is 16.8 Å². The molecule has 1 fully saturated rings. The fourth-order valence-electron chi connectivity index (χ4n) is 3.93. The SMILES string of the molecule is O=C(COC(=O)c1ccc(NC(=O)C2CC2)cc1)Nc1cccc2c1C(=O)c1ccccc1C2=O. The highest BCUT2D eigenvalue weighted by Crippen LogP contribution is 2.32. The van der Waals surface area contributed by atoms with Crippen LogP contribution in [-0.4, -0.2) is 36.0 Å². The molecule has 1 saturated carbocycles. The molecule has 0 unspecified atom stereocenters. The molecular formula is C27H20N2O6. The van der Waals surface area contributed by atoms with Crippen molar-refractivity contribution < 1.29 is 28.7 Å². The molecular weight excluding hydrogens is 448 g/mol. The lowest BCUT2D eigenvalue weighted by atomic mass is 9.83. The molecule has 0 atom stereocenters. The minimum Gasteiger partial charge on any atom is -0.452 e. The first-order valence-electron chi connectivity index (χ1n) is 11.1. The topological polar surface area (TPSA) is 119 Å². The number of hydrogen-bond acceptors (Lipinski definition) is 6. The van der Waals surface area contributed by atoms with E-state index in [9.17, 15) is 24.0 Å². The number of nitrogens with one attached hydrogen (secondary N) is 2. The van der Waals surface area contributed by atoms with Crippen LogP contribution in [0.1, 0.15) is 55.0 Å². The van der Waals surface area contributed by atoms with Crippen LogP contribution in [0.25, 0.3) is 0 Å². The third kappa shape index (κ3) is 4.46. The van der Waals surface area contributed by atoms with Gasteiger partial charge in [0.15, 0.2) is 18.2 Å². The minimum absolute atomic E-state index is 0.0382. The first-order chi connectivity index (χ1) is 16.9. The molecule has 8 heteroatoms. The first kappa shape index (κ1) is 22.2. The van der Waals surface area contributed by atoms with Crippen LogP contribution in [0.2, 0.25) is 0 Å². The van der Waals surface area contributed by atoms with E-state index >= 15 is 0 Å². The van der Waals surface area contributed by atoms with Crippen LogP contribution in [0.15, 0.2) is 66.7 Å². The van der Waals surface area contributed by atoms with Gasteiger partial charge in [0.2, 0.25) is 5.91 Å². The Labute approximate surface area is 200 Å². The molecule has 2 N–H and O–H groups in total. The molecule has 0 spiro atoms. The standard InChI is InChI=1S/C27H20N2O6/c30-22(14-35-27(34)16-10-12-17(13-11-16)28-26(33)15-8-9-15)29-21-7-3-6-20-23(21)25(32)19-5-2-1-4-18(19)24(20)31/h1-7,10-13,15H,8-9,14H2,(H,28,33)(H,29,30). The van der Waals surface area contributed by atoms with Crippen molar-refractivity contribution in [1.82, 2.24) is 0 Å². The Morgan fingerprint density at radius 3 is 2.11 bits per heavy atom. The second-order valence-corrected chi connectivity index (χ2v) is 8.40. The summed E-state index contributed by atoms with van der Waals surface area (Å²) in [5, 5.41) is 5.35. The number of rotatable bonds is 6. The average molecular weight is 468 g/mol. The van der Waals surface area contributed by atoms with Crippen molar-refractivity contribution in [3.63, 3.8) is 0 Å². The number of hydrogen-bond donors (Lipinski definition) is 2. The van der Waals surface area contributed by atoms with E-state index in [-0.39, 0.29) is 51.3 Å². The summed E-state index contributed by atoms with van der Waals surface area (Å²) < 4.78 is 5.09. The van der Waals surface area contributed by atoms with Crippen LogP contribution >= 0.6 is 0 Å². The normalized spacial score (nSPS) is 13.9. The van der Waals surface area contributed by atoms with Gasteiger partial charge in [-0.3, -0.25) is 19.2 Å². The van der Waals surface area contributed by atoms with Gasteiger partial charge in [-0.25, -0.2) is 4.79 Å². The Morgan fingerprint density at radius 2 is 1.43 bits per heavy atom. The largest absolute Gasteiger partial charge is 0.452 e. The van der Waals surface area contributed by atoms with Crippen LogP contribution in [0.4, 0.5) is 11.4 Å². The number of anilines is 2. The molecule has 3 aromatic carbocycles. The number of esters is 1. The molecule has 3 aromatic rings. The summed E-state index contributed by atoms with van der Waals surface area (Å²) in [7, 11) is 0. The number of fused-ring (bicyclic) bond motifs is 2. The number of ether oxygens (including phenoxy) is 1. The minimum atomic E-state index is -0.713. The Balaban J connectivity index is 1.23. The van der Waals surface area contributed by atoms with Gasteiger partial charge in [0.1, 0.15) is 0 Å². The van der Waals surface area contributed by atoms with Gasteiger partial charge >= 0.3 is 5.97 Å². The zero-order valence-corrected chi connectivity index (χ0v) is 18.5. The highest BCUT2D eigenvalue weighted by molar-refractivity contribution is 6.30. The lowest BCUT2D eigenvalue weighted by Crippen LogP contribution is -2.26. The molecule has 2 aliphatic rings. The van der Waals surface area contributed by atoms with Crippen LogP contribution < -0.4 is 10.6 Å². The zero-order valence-electron chi connectivity index (χ0n) is 18.5. The molecule has 174 valence electrons. The molecule has 2 aliphatic carbocycles. The molecule has 0 aliphatic heterocycles. The lowest BCUT2D eigenvalue weighted by Gasteiger charge is -2.20. The zero-order chi connectivity index (χ0) is 24.5. The molecule has 0 aromatic heterocycles. The maximum Gasteiger partial charge on any atom is 0.338 e. The predicted octanol–water partition coefficient (Wildman–Crippen LogP) is 3.61. The molecule has 2 amide bonds. The molecule has 8 nitrogen and oxygen atoms in total. The van der Waals surface area contributed by atoms with Gasteiger partial charge in [0, 0.05) is 28.3 Å². The molecule has 0 heterocycles. The first-order valence-corrected chi connectivity index (χ1v) is 11.1. The van der Waals surface area contributed by atoms with Gasteiger partial charge in [-0.05, 0) is 43.2 Å². The van der Waals surface area contributed by atoms with E-state index in [4.69, 9.17) is 4.74 Å². The van der Waals surface area contributed by atoms with Crippen molar-refractivity contribution in [2.45, 2.75) is 12.8 Å². The highest BCUT2D eigenvalue weighted by atomic mass is 16.5. The van der Waals surface area contributed by atoms with Crippen molar-refractivity contribution in [2.75, 3.05) is 17.2 Å². The Morgan fingerprint density at radius 1 is 0.771 bits per heavy atom. The summed E-state index contributed by atoms with van der Waals surface area (Å²) in [6.07, 6.45) is 1.78. The van der Waals surface area contributed by atoms with Crippen molar-refractivity contribution in [2.24, 2.45) is 5.92 Å². The Hall–Kier alpha value is -4.59. The van der Waals surface area contributed by atoms with Gasteiger partial charge in [0.25, 0.3) is 5.91 Å². The van der Waals surface area contributed by atoms with Crippen molar-refractivity contribution >= 4 is 40.7 Å². The summed E-state index contributed by atoms with van der Waals surface area (Å²) in [6, 6.07) is 17.3. The monoisotopic (exact) mass is 468 g/mol. The quantitative estimate of drug-likeness (QED) is 0.418. The number of benzene rings is 3. The van der Waals surface area contributed by atoms with E-state index in [1.165, 1.54) is 24.3 Å². The summed E-state index contributed by atoms with van der Waals surface area (Å²) in [5.41, 5.74) is 1.88. The third-order valence-electron chi connectivity index (χ3n) is 5.90. The van der Waals surface area contributed by atoms with Crippen LogP contribution in [-0.2, 0) is 14.3 Å². The number of ketones is 2. The Bertz CT molecular complexity index is 1390. The molecule has 35 heavy (non-hydrogen) atoms. The van der Waals surface area contributed by atoms with Crippen molar-refractivity contribution in [1.29, 1.82) is 0 Å². The summed E-state index contributed by atoms with van der Waals surface area (Å²) in [4.78, 5) is 62.5. The predicted molar refractivity (Wildman–Crippen MR) is 126 cm³/mol. The van der Waals surface area contributed by atoms with E-state index in [0.717, 1.165) is 12.8 Å². The number of carbonyl (C=O) groups is 5. The molecule has 5 rings (SSSR count). The summed E-state index contributed by atoms with van der Waals surface area (Å²) in [5.74, 6) is -2.00. The van der Waals surface area contributed by atoms with Gasteiger partial charge in [-0.15, -0.1) is 0 Å². The van der Waals surface area contributed by atoms with Gasteiger partial charge in [-0.2, -0.15) is 0 Å². The van der Waals surface area contributed by atoms with Gasteiger partial charge in [-0.1, -0.05) is 36.4 Å². The summed E-state index contributed by atoms with van der Waals surface area (Å²) in [6.45, 7) is -0.582.